The van der Waals surface area contributed by atoms with Gasteiger partial charge in [0.05, 0.1) is 20.1 Å². The maximum absolute atomic E-state index is 13.1. The highest BCUT2D eigenvalue weighted by molar-refractivity contribution is 5.80. The van der Waals surface area contributed by atoms with Gasteiger partial charge in [0.1, 0.15) is 5.75 Å². The van der Waals surface area contributed by atoms with Crippen LogP contribution in [0.15, 0.2) is 60.9 Å². The molecule has 0 radical (unpaired) electrons. The normalized spacial score (nSPS) is 17.6. The van der Waals surface area contributed by atoms with Crippen molar-refractivity contribution in [2.75, 3.05) is 40.9 Å². The third kappa shape index (κ3) is 6.80. The molecule has 8 nitrogen and oxygen atoms in total. The number of likely N-dealkylation sites (N-methyl/N-ethyl adjacent to an activating group) is 1. The van der Waals surface area contributed by atoms with Gasteiger partial charge in [-0.3, -0.25) is 4.79 Å². The number of rotatable bonds is 11. The van der Waals surface area contributed by atoms with Gasteiger partial charge >= 0.3 is 6.01 Å². The van der Waals surface area contributed by atoms with Crippen LogP contribution in [0, 0.1) is 5.92 Å². The monoisotopic (exact) mass is 489 g/mol. The van der Waals surface area contributed by atoms with E-state index in [9.17, 15) is 4.79 Å². The summed E-state index contributed by atoms with van der Waals surface area (Å²) in [5.74, 6) is 1.07. The highest BCUT2D eigenvalue weighted by Crippen LogP contribution is 2.32. The second-order valence-electron chi connectivity index (χ2n) is 9.25. The zero-order chi connectivity index (χ0) is 25.3. The number of aromatic nitrogens is 2. The Morgan fingerprint density at radius 3 is 2.44 bits per heavy atom. The van der Waals surface area contributed by atoms with Gasteiger partial charge in [0.25, 0.3) is 0 Å². The van der Waals surface area contributed by atoms with E-state index >= 15 is 0 Å². The molecule has 1 amide bonds. The third-order valence-electron chi connectivity index (χ3n) is 6.61. The molecule has 0 bridgehead atoms. The van der Waals surface area contributed by atoms with Gasteiger partial charge in [-0.05, 0) is 42.3 Å². The number of ether oxygens (including phenoxy) is 2. The average Bonchev–Trinajstić information content (AvgIpc) is 3.31. The minimum atomic E-state index is -0.0643. The molecule has 2 aromatic carbocycles. The summed E-state index contributed by atoms with van der Waals surface area (Å²) in [6.07, 6.45) is 4.33. The average molecular weight is 490 g/mol. The van der Waals surface area contributed by atoms with Gasteiger partial charge in [-0.2, -0.15) is 0 Å². The standard InChI is InChI=1S/C28H35N5O3/c1-33-18-25(26(19-33)27(34)30-12-11-20-7-9-24(35-2)10-8-20)23-6-4-5-21(13-23)14-29-15-22-16-31-28(36-3)32-17-22/h4-10,13,16-17,25-26,29H,11-12,14-15,18-19H2,1-3H3,(H,30,34)/t25-,26+/m0/s1. The van der Waals surface area contributed by atoms with Crippen molar-refractivity contribution in [1.82, 2.24) is 25.5 Å². The molecular weight excluding hydrogens is 454 g/mol. The number of benzene rings is 2. The van der Waals surface area contributed by atoms with Crippen molar-refractivity contribution in [3.63, 3.8) is 0 Å². The van der Waals surface area contributed by atoms with Crippen LogP contribution in [0.4, 0.5) is 0 Å². The molecule has 0 unspecified atom stereocenters. The van der Waals surface area contributed by atoms with E-state index in [-0.39, 0.29) is 17.7 Å². The molecule has 1 aliphatic heterocycles. The summed E-state index contributed by atoms with van der Waals surface area (Å²) in [5, 5.41) is 6.62. The van der Waals surface area contributed by atoms with E-state index in [2.05, 4.69) is 56.8 Å². The number of nitrogens with zero attached hydrogens (tertiary/aromatic N) is 3. The number of hydrogen-bond acceptors (Lipinski definition) is 7. The summed E-state index contributed by atoms with van der Waals surface area (Å²) in [6.45, 7) is 3.65. The molecule has 0 spiro atoms. The Kier molecular flexibility index (Phi) is 8.86. The lowest BCUT2D eigenvalue weighted by Crippen LogP contribution is -2.35. The Morgan fingerprint density at radius 2 is 1.72 bits per heavy atom. The first-order chi connectivity index (χ1) is 17.6. The molecule has 1 saturated heterocycles. The van der Waals surface area contributed by atoms with Crippen molar-refractivity contribution < 1.29 is 14.3 Å². The van der Waals surface area contributed by atoms with Crippen molar-refractivity contribution in [3.8, 4) is 11.8 Å². The molecule has 190 valence electrons. The lowest BCUT2D eigenvalue weighted by atomic mass is 9.87. The molecule has 3 aromatic rings. The summed E-state index contributed by atoms with van der Waals surface area (Å²) in [6, 6.07) is 16.9. The number of carbonyl (C=O) groups excluding carboxylic acids is 1. The fourth-order valence-corrected chi connectivity index (χ4v) is 4.68. The summed E-state index contributed by atoms with van der Waals surface area (Å²) < 4.78 is 10.2. The zero-order valence-corrected chi connectivity index (χ0v) is 21.2. The maximum Gasteiger partial charge on any atom is 0.316 e. The Morgan fingerprint density at radius 1 is 0.972 bits per heavy atom. The number of carbonyl (C=O) groups is 1. The van der Waals surface area contributed by atoms with Crippen LogP contribution in [0.5, 0.6) is 11.8 Å². The van der Waals surface area contributed by atoms with Gasteiger partial charge in [-0.25, -0.2) is 9.97 Å². The first kappa shape index (κ1) is 25.6. The molecule has 1 aliphatic rings. The molecule has 0 aliphatic carbocycles. The second kappa shape index (κ2) is 12.5. The topological polar surface area (TPSA) is 88.6 Å². The van der Waals surface area contributed by atoms with Crippen molar-refractivity contribution >= 4 is 5.91 Å². The SMILES string of the molecule is COc1ccc(CCNC(=O)[C@@H]2CN(C)C[C@H]2c2cccc(CNCc3cnc(OC)nc3)c2)cc1. The molecular formula is C28H35N5O3. The van der Waals surface area contributed by atoms with Crippen LogP contribution in [-0.2, 0) is 24.3 Å². The first-order valence-electron chi connectivity index (χ1n) is 12.3. The van der Waals surface area contributed by atoms with Gasteiger partial charge in [-0.1, -0.05) is 36.4 Å². The van der Waals surface area contributed by atoms with Crippen LogP contribution in [-0.4, -0.2) is 61.7 Å². The lowest BCUT2D eigenvalue weighted by Gasteiger charge is -2.19. The van der Waals surface area contributed by atoms with Crippen molar-refractivity contribution in [3.05, 3.63) is 83.2 Å². The van der Waals surface area contributed by atoms with Crippen LogP contribution in [0.1, 0.15) is 28.2 Å². The highest BCUT2D eigenvalue weighted by atomic mass is 16.5. The molecule has 0 saturated carbocycles. The van der Waals surface area contributed by atoms with Crippen LogP contribution < -0.4 is 20.1 Å². The fraction of sp³-hybridized carbons (Fsp3) is 0.393. The Hall–Kier alpha value is -3.49. The fourth-order valence-electron chi connectivity index (χ4n) is 4.68. The number of hydrogen-bond donors (Lipinski definition) is 2. The maximum atomic E-state index is 13.1. The molecule has 36 heavy (non-hydrogen) atoms. The van der Waals surface area contributed by atoms with E-state index in [1.54, 1.807) is 26.6 Å². The smallest absolute Gasteiger partial charge is 0.316 e. The first-order valence-corrected chi connectivity index (χ1v) is 12.3. The zero-order valence-electron chi connectivity index (χ0n) is 21.2. The van der Waals surface area contributed by atoms with Gasteiger partial charge in [0, 0.05) is 56.6 Å². The van der Waals surface area contributed by atoms with E-state index in [1.165, 1.54) is 16.7 Å². The van der Waals surface area contributed by atoms with Gasteiger partial charge in [-0.15, -0.1) is 0 Å². The second-order valence-corrected chi connectivity index (χ2v) is 9.25. The number of methoxy groups -OCH3 is 2. The summed E-state index contributed by atoms with van der Waals surface area (Å²) in [5.41, 5.74) is 4.57. The summed E-state index contributed by atoms with van der Waals surface area (Å²) in [4.78, 5) is 23.7. The van der Waals surface area contributed by atoms with Crippen molar-refractivity contribution in [1.29, 1.82) is 0 Å². The molecule has 2 heterocycles. The van der Waals surface area contributed by atoms with Gasteiger partial charge < -0.3 is 25.0 Å². The molecule has 2 atom stereocenters. The predicted octanol–water partition coefficient (Wildman–Crippen LogP) is 2.79. The number of amides is 1. The number of nitrogens with one attached hydrogen (secondary N) is 2. The van der Waals surface area contributed by atoms with Crippen molar-refractivity contribution in [2.24, 2.45) is 5.92 Å². The van der Waals surface area contributed by atoms with E-state index in [0.29, 0.717) is 19.1 Å². The Balaban J connectivity index is 1.31. The molecule has 1 aromatic heterocycles. The summed E-state index contributed by atoms with van der Waals surface area (Å²) in [7, 11) is 5.30. The van der Waals surface area contributed by atoms with E-state index in [0.717, 1.165) is 37.4 Å². The minimum Gasteiger partial charge on any atom is -0.497 e. The van der Waals surface area contributed by atoms with Crippen LogP contribution in [0.25, 0.3) is 0 Å². The quantitative estimate of drug-likeness (QED) is 0.428. The van der Waals surface area contributed by atoms with Crippen molar-refractivity contribution in [2.45, 2.75) is 25.4 Å². The van der Waals surface area contributed by atoms with E-state index < -0.39 is 0 Å². The molecule has 2 N–H and O–H groups in total. The van der Waals surface area contributed by atoms with Crippen LogP contribution in [0.2, 0.25) is 0 Å². The molecule has 1 fully saturated rings. The Labute approximate surface area is 213 Å². The van der Waals surface area contributed by atoms with Crippen LogP contribution in [0.3, 0.4) is 0 Å². The highest BCUT2D eigenvalue weighted by Gasteiger charge is 2.36. The molecule has 8 heteroatoms. The van der Waals surface area contributed by atoms with E-state index in [4.69, 9.17) is 9.47 Å². The predicted molar refractivity (Wildman–Crippen MR) is 139 cm³/mol. The molecule has 4 rings (SSSR count). The third-order valence-corrected chi connectivity index (χ3v) is 6.61. The van der Waals surface area contributed by atoms with Crippen LogP contribution >= 0.6 is 0 Å². The van der Waals surface area contributed by atoms with Gasteiger partial charge in [0.2, 0.25) is 5.91 Å². The lowest BCUT2D eigenvalue weighted by molar-refractivity contribution is -0.124. The Bertz CT molecular complexity index is 1120. The number of likely N-dealkylation sites (tertiary alicyclic amines) is 1. The minimum absolute atomic E-state index is 0.0643. The summed E-state index contributed by atoms with van der Waals surface area (Å²) >= 11 is 0. The van der Waals surface area contributed by atoms with Gasteiger partial charge in [0.15, 0.2) is 0 Å². The largest absolute Gasteiger partial charge is 0.497 e. The van der Waals surface area contributed by atoms with E-state index in [1.807, 2.05) is 24.3 Å².